The maximum absolute atomic E-state index is 12.1. The van der Waals surface area contributed by atoms with Gasteiger partial charge in [0.05, 0.1) is 0 Å². The van der Waals surface area contributed by atoms with Crippen LogP contribution in [0.3, 0.4) is 0 Å². The number of nitrogen functional groups attached to an aromatic ring is 1. The summed E-state index contributed by atoms with van der Waals surface area (Å²) in [6, 6.07) is 10.1. The molecular formula is C15H11ClN6O. The van der Waals surface area contributed by atoms with E-state index in [0.29, 0.717) is 16.4 Å². The van der Waals surface area contributed by atoms with Crippen LogP contribution in [0, 0.1) is 0 Å². The summed E-state index contributed by atoms with van der Waals surface area (Å²) in [5, 5.41) is 3.21. The van der Waals surface area contributed by atoms with Gasteiger partial charge in [0.2, 0.25) is 5.95 Å². The van der Waals surface area contributed by atoms with Gasteiger partial charge in [-0.05, 0) is 36.4 Å². The number of carbonyl (C=O) groups excluding carboxylic acids is 1. The average molecular weight is 327 g/mol. The Balaban J connectivity index is 1.82. The fraction of sp³-hybridized carbons (Fsp3) is 0. The highest BCUT2D eigenvalue weighted by molar-refractivity contribution is 6.30. The number of nitrogens with two attached hydrogens (primary N) is 1. The van der Waals surface area contributed by atoms with Gasteiger partial charge >= 0.3 is 0 Å². The molecule has 1 aromatic carbocycles. The van der Waals surface area contributed by atoms with Gasteiger partial charge < -0.3 is 5.73 Å². The first-order valence-electron chi connectivity index (χ1n) is 6.60. The molecule has 0 saturated heterocycles. The van der Waals surface area contributed by atoms with Crippen LogP contribution in [-0.2, 0) is 0 Å². The van der Waals surface area contributed by atoms with Crippen molar-refractivity contribution >= 4 is 29.3 Å². The quantitative estimate of drug-likeness (QED) is 0.765. The van der Waals surface area contributed by atoms with Gasteiger partial charge in [0.1, 0.15) is 12.1 Å². The Bertz CT molecular complexity index is 853. The van der Waals surface area contributed by atoms with Crippen molar-refractivity contribution in [1.82, 2.24) is 19.9 Å². The first-order valence-corrected chi connectivity index (χ1v) is 6.97. The summed E-state index contributed by atoms with van der Waals surface area (Å²) in [5.74, 6) is 0.453. The first kappa shape index (κ1) is 14.9. The van der Waals surface area contributed by atoms with Crippen LogP contribution in [0.5, 0.6) is 0 Å². The smallest absolute Gasteiger partial charge is 0.258 e. The minimum atomic E-state index is -0.382. The number of rotatable bonds is 3. The molecule has 0 spiro atoms. The Morgan fingerprint density at radius 3 is 2.61 bits per heavy atom. The van der Waals surface area contributed by atoms with E-state index in [0.717, 1.165) is 5.56 Å². The number of aromatic nitrogens is 4. The zero-order valence-electron chi connectivity index (χ0n) is 11.8. The van der Waals surface area contributed by atoms with E-state index < -0.39 is 0 Å². The summed E-state index contributed by atoms with van der Waals surface area (Å²) < 4.78 is 0. The third-order valence-electron chi connectivity index (χ3n) is 2.94. The summed E-state index contributed by atoms with van der Waals surface area (Å²) in [5.41, 5.74) is 6.69. The van der Waals surface area contributed by atoms with Gasteiger partial charge in [0.25, 0.3) is 5.91 Å². The minimum Gasteiger partial charge on any atom is -0.384 e. The normalized spacial score (nSPS) is 10.3. The number of hydrogen-bond acceptors (Lipinski definition) is 6. The SMILES string of the molecule is Nc1cc(C(=O)Nc2ncnc(-c3ccc(Cl)cc3)n2)ccn1. The number of nitrogens with one attached hydrogen (secondary N) is 1. The zero-order chi connectivity index (χ0) is 16.2. The van der Waals surface area contributed by atoms with E-state index >= 15 is 0 Å². The Kier molecular flexibility index (Phi) is 4.11. The molecule has 2 heterocycles. The number of hydrogen-bond donors (Lipinski definition) is 2. The molecule has 7 nitrogen and oxygen atoms in total. The lowest BCUT2D eigenvalue weighted by Crippen LogP contribution is -2.15. The van der Waals surface area contributed by atoms with Crippen LogP contribution in [0.15, 0.2) is 48.9 Å². The maximum atomic E-state index is 12.1. The maximum Gasteiger partial charge on any atom is 0.258 e. The fourth-order valence-corrected chi connectivity index (χ4v) is 1.98. The Hall–Kier alpha value is -3.06. The number of amides is 1. The predicted molar refractivity (Wildman–Crippen MR) is 86.9 cm³/mol. The lowest BCUT2D eigenvalue weighted by molar-refractivity contribution is 0.102. The number of benzene rings is 1. The van der Waals surface area contributed by atoms with Crippen molar-refractivity contribution in [2.75, 3.05) is 11.1 Å². The zero-order valence-corrected chi connectivity index (χ0v) is 12.5. The number of carbonyl (C=O) groups is 1. The molecule has 0 bridgehead atoms. The minimum absolute atomic E-state index is 0.144. The third-order valence-corrected chi connectivity index (χ3v) is 3.19. The second-order valence-electron chi connectivity index (χ2n) is 4.56. The number of anilines is 2. The van der Waals surface area contributed by atoms with Crippen molar-refractivity contribution in [2.24, 2.45) is 0 Å². The first-order chi connectivity index (χ1) is 11.1. The van der Waals surface area contributed by atoms with Gasteiger partial charge in [-0.15, -0.1) is 0 Å². The molecule has 0 aliphatic heterocycles. The molecule has 0 unspecified atom stereocenters. The summed E-state index contributed by atoms with van der Waals surface area (Å²) in [7, 11) is 0. The fourth-order valence-electron chi connectivity index (χ4n) is 1.86. The van der Waals surface area contributed by atoms with E-state index in [1.165, 1.54) is 18.6 Å². The van der Waals surface area contributed by atoms with Crippen LogP contribution < -0.4 is 11.1 Å². The van der Waals surface area contributed by atoms with Crippen LogP contribution in [-0.4, -0.2) is 25.8 Å². The predicted octanol–water partition coefficient (Wildman–Crippen LogP) is 2.42. The average Bonchev–Trinajstić information content (AvgIpc) is 2.56. The van der Waals surface area contributed by atoms with E-state index in [1.807, 2.05) is 0 Å². The Labute approximate surface area is 136 Å². The van der Waals surface area contributed by atoms with Gasteiger partial charge in [-0.1, -0.05) is 11.6 Å². The van der Waals surface area contributed by atoms with Crippen molar-refractivity contribution in [3.8, 4) is 11.4 Å². The molecule has 0 fully saturated rings. The second kappa shape index (κ2) is 6.37. The number of halogens is 1. The highest BCUT2D eigenvalue weighted by Crippen LogP contribution is 2.18. The molecule has 0 saturated carbocycles. The van der Waals surface area contributed by atoms with Gasteiger partial charge in [0.15, 0.2) is 5.82 Å². The molecule has 0 aliphatic carbocycles. The highest BCUT2D eigenvalue weighted by atomic mass is 35.5. The van der Waals surface area contributed by atoms with Gasteiger partial charge in [0, 0.05) is 22.3 Å². The lowest BCUT2D eigenvalue weighted by Gasteiger charge is -2.05. The van der Waals surface area contributed by atoms with Crippen LogP contribution in [0.1, 0.15) is 10.4 Å². The monoisotopic (exact) mass is 326 g/mol. The molecule has 1 amide bonds. The molecule has 0 atom stereocenters. The second-order valence-corrected chi connectivity index (χ2v) is 5.00. The van der Waals surface area contributed by atoms with Crippen molar-refractivity contribution < 1.29 is 4.79 Å². The molecule has 3 aromatic rings. The van der Waals surface area contributed by atoms with E-state index in [-0.39, 0.29) is 17.7 Å². The van der Waals surface area contributed by atoms with Gasteiger partial charge in [-0.2, -0.15) is 4.98 Å². The standard InChI is InChI=1S/C15H11ClN6O/c16-11-3-1-9(2-4-11)13-19-8-20-15(21-13)22-14(23)10-5-6-18-12(17)7-10/h1-8H,(H2,17,18)(H,19,20,21,22,23). The molecule has 0 radical (unpaired) electrons. The van der Waals surface area contributed by atoms with Crippen molar-refractivity contribution in [3.63, 3.8) is 0 Å². The van der Waals surface area contributed by atoms with Crippen LogP contribution in [0.2, 0.25) is 5.02 Å². The van der Waals surface area contributed by atoms with Gasteiger partial charge in [-0.25, -0.2) is 15.0 Å². The molecular weight excluding hydrogens is 316 g/mol. The van der Waals surface area contributed by atoms with E-state index in [4.69, 9.17) is 17.3 Å². The molecule has 8 heteroatoms. The third kappa shape index (κ3) is 3.58. The summed E-state index contributed by atoms with van der Waals surface area (Å²) in [4.78, 5) is 28.2. The Morgan fingerprint density at radius 2 is 1.87 bits per heavy atom. The summed E-state index contributed by atoms with van der Waals surface area (Å²) >= 11 is 5.85. The number of nitrogens with zero attached hydrogens (tertiary/aromatic N) is 4. The molecule has 0 aliphatic rings. The van der Waals surface area contributed by atoms with Gasteiger partial charge in [-0.3, -0.25) is 10.1 Å². The van der Waals surface area contributed by atoms with Crippen LogP contribution >= 0.6 is 11.6 Å². The Morgan fingerprint density at radius 1 is 1.09 bits per heavy atom. The molecule has 3 rings (SSSR count). The lowest BCUT2D eigenvalue weighted by atomic mass is 10.2. The van der Waals surface area contributed by atoms with Crippen molar-refractivity contribution in [3.05, 3.63) is 59.5 Å². The van der Waals surface area contributed by atoms with Crippen LogP contribution in [0.25, 0.3) is 11.4 Å². The van der Waals surface area contributed by atoms with E-state index in [9.17, 15) is 4.79 Å². The molecule has 3 N–H and O–H groups in total. The topological polar surface area (TPSA) is 107 Å². The summed E-state index contributed by atoms with van der Waals surface area (Å²) in [6.07, 6.45) is 2.78. The largest absolute Gasteiger partial charge is 0.384 e. The van der Waals surface area contributed by atoms with Crippen molar-refractivity contribution in [2.45, 2.75) is 0 Å². The highest BCUT2D eigenvalue weighted by Gasteiger charge is 2.10. The van der Waals surface area contributed by atoms with E-state index in [2.05, 4.69) is 25.3 Å². The van der Waals surface area contributed by atoms with E-state index in [1.54, 1.807) is 30.3 Å². The number of pyridine rings is 1. The molecule has 23 heavy (non-hydrogen) atoms. The summed E-state index contributed by atoms with van der Waals surface area (Å²) in [6.45, 7) is 0. The van der Waals surface area contributed by atoms with Crippen molar-refractivity contribution in [1.29, 1.82) is 0 Å². The molecule has 114 valence electrons. The molecule has 2 aromatic heterocycles. The van der Waals surface area contributed by atoms with Crippen LogP contribution in [0.4, 0.5) is 11.8 Å².